The Labute approximate surface area is 78.3 Å². The molecule has 0 aromatic carbocycles. The van der Waals surface area contributed by atoms with Gasteiger partial charge in [0.15, 0.2) is 6.29 Å². The molecule has 0 aromatic heterocycles. The third-order valence-corrected chi connectivity index (χ3v) is 2.90. The van der Waals surface area contributed by atoms with Crippen LogP contribution in [-0.4, -0.2) is 38.8 Å². The average molecular weight is 187 g/mol. The lowest BCUT2D eigenvalue weighted by Gasteiger charge is -2.26. The third kappa shape index (κ3) is 2.02. The molecule has 0 spiro atoms. The van der Waals surface area contributed by atoms with Gasteiger partial charge in [-0.05, 0) is 18.8 Å². The van der Waals surface area contributed by atoms with Gasteiger partial charge in [-0.25, -0.2) is 0 Å². The van der Waals surface area contributed by atoms with Gasteiger partial charge in [-0.1, -0.05) is 0 Å². The highest BCUT2D eigenvalue weighted by molar-refractivity contribution is 4.92. The maximum Gasteiger partial charge on any atom is 0.185 e. The van der Waals surface area contributed by atoms with Crippen LogP contribution in [0, 0.1) is 5.92 Å². The molecule has 2 aliphatic rings. The lowest BCUT2D eigenvalue weighted by molar-refractivity contribution is 0.0550. The number of hydrogen-bond acceptors (Lipinski definition) is 4. The van der Waals surface area contributed by atoms with E-state index in [1.165, 1.54) is 0 Å². The van der Waals surface area contributed by atoms with E-state index in [4.69, 9.17) is 19.9 Å². The van der Waals surface area contributed by atoms with Crippen LogP contribution in [0.3, 0.4) is 0 Å². The molecule has 2 heterocycles. The summed E-state index contributed by atoms with van der Waals surface area (Å²) in [6, 6.07) is 0.119. The summed E-state index contributed by atoms with van der Waals surface area (Å²) in [6.45, 7) is 1.67. The highest BCUT2D eigenvalue weighted by Gasteiger charge is 2.46. The van der Waals surface area contributed by atoms with Crippen molar-refractivity contribution in [1.29, 1.82) is 0 Å². The molecular formula is C9H17NO3. The zero-order valence-corrected chi connectivity index (χ0v) is 7.94. The number of rotatable bonds is 3. The zero-order valence-electron chi connectivity index (χ0n) is 7.94. The summed E-state index contributed by atoms with van der Waals surface area (Å²) in [5, 5.41) is 0. The van der Waals surface area contributed by atoms with Crippen LogP contribution in [0.5, 0.6) is 0 Å². The molecule has 0 amide bonds. The lowest BCUT2D eigenvalue weighted by atomic mass is 9.90. The summed E-state index contributed by atoms with van der Waals surface area (Å²) in [4.78, 5) is 0. The van der Waals surface area contributed by atoms with Crippen LogP contribution in [0.25, 0.3) is 0 Å². The van der Waals surface area contributed by atoms with Gasteiger partial charge in [0.1, 0.15) is 6.10 Å². The standard InChI is InChI=1S/C9H17NO3/c1-11-9-8(13-9)7(10)6-2-4-12-5-3-6/h6-9H,2-5,10H2,1H3/t7-,8?,9?/m0/s1. The molecule has 4 nitrogen and oxygen atoms in total. The molecule has 0 aromatic rings. The van der Waals surface area contributed by atoms with Gasteiger partial charge in [0.05, 0.1) is 0 Å². The summed E-state index contributed by atoms with van der Waals surface area (Å²) in [5.74, 6) is 0.541. The van der Waals surface area contributed by atoms with E-state index in [1.807, 2.05) is 0 Å². The van der Waals surface area contributed by atoms with Crippen molar-refractivity contribution in [2.75, 3.05) is 20.3 Å². The van der Waals surface area contributed by atoms with Crippen molar-refractivity contribution in [1.82, 2.24) is 0 Å². The Hall–Kier alpha value is -0.160. The molecule has 3 atom stereocenters. The van der Waals surface area contributed by atoms with E-state index in [9.17, 15) is 0 Å². The third-order valence-electron chi connectivity index (χ3n) is 2.90. The fourth-order valence-electron chi connectivity index (χ4n) is 1.94. The molecule has 0 bridgehead atoms. The zero-order chi connectivity index (χ0) is 9.26. The van der Waals surface area contributed by atoms with Crippen molar-refractivity contribution in [2.24, 2.45) is 11.7 Å². The number of hydrogen-bond donors (Lipinski definition) is 1. The second-order valence-electron chi connectivity index (χ2n) is 3.73. The Morgan fingerprint density at radius 1 is 1.38 bits per heavy atom. The predicted molar refractivity (Wildman–Crippen MR) is 47.2 cm³/mol. The maximum absolute atomic E-state index is 6.06. The van der Waals surface area contributed by atoms with Crippen LogP contribution >= 0.6 is 0 Å². The lowest BCUT2D eigenvalue weighted by Crippen LogP contribution is -2.39. The Morgan fingerprint density at radius 2 is 2.08 bits per heavy atom. The van der Waals surface area contributed by atoms with Gasteiger partial charge in [-0.15, -0.1) is 0 Å². The first-order chi connectivity index (χ1) is 6.33. The van der Waals surface area contributed by atoms with Gasteiger partial charge in [0, 0.05) is 26.4 Å². The molecule has 2 N–H and O–H groups in total. The van der Waals surface area contributed by atoms with E-state index in [0.717, 1.165) is 26.1 Å². The van der Waals surface area contributed by atoms with Crippen LogP contribution in [0.2, 0.25) is 0 Å². The van der Waals surface area contributed by atoms with Crippen molar-refractivity contribution in [3.8, 4) is 0 Å². The number of nitrogens with two attached hydrogens (primary N) is 1. The minimum absolute atomic E-state index is 0.0576. The van der Waals surface area contributed by atoms with Crippen molar-refractivity contribution in [2.45, 2.75) is 31.3 Å². The van der Waals surface area contributed by atoms with Gasteiger partial charge >= 0.3 is 0 Å². The van der Waals surface area contributed by atoms with Crippen molar-refractivity contribution in [3.05, 3.63) is 0 Å². The molecule has 13 heavy (non-hydrogen) atoms. The first-order valence-electron chi connectivity index (χ1n) is 4.84. The van der Waals surface area contributed by atoms with Crippen LogP contribution in [0.4, 0.5) is 0 Å². The van der Waals surface area contributed by atoms with E-state index in [1.54, 1.807) is 7.11 Å². The molecule has 2 fully saturated rings. The molecule has 2 unspecified atom stereocenters. The van der Waals surface area contributed by atoms with Crippen molar-refractivity contribution in [3.63, 3.8) is 0 Å². The Bertz CT molecular complexity index is 170. The van der Waals surface area contributed by atoms with E-state index in [-0.39, 0.29) is 18.4 Å². The van der Waals surface area contributed by atoms with Gasteiger partial charge < -0.3 is 19.9 Å². The second kappa shape index (κ2) is 3.92. The fraction of sp³-hybridized carbons (Fsp3) is 1.00. The van der Waals surface area contributed by atoms with Gasteiger partial charge in [-0.3, -0.25) is 0 Å². The van der Waals surface area contributed by atoms with Gasteiger partial charge in [-0.2, -0.15) is 0 Å². The minimum atomic E-state index is -0.0576. The Balaban J connectivity index is 1.79. The highest BCUT2D eigenvalue weighted by atomic mass is 16.8. The maximum atomic E-state index is 6.06. The molecule has 4 heteroatoms. The molecule has 2 saturated heterocycles. The molecule has 76 valence electrons. The first-order valence-corrected chi connectivity index (χ1v) is 4.84. The van der Waals surface area contributed by atoms with Crippen LogP contribution in [0.1, 0.15) is 12.8 Å². The van der Waals surface area contributed by atoms with Crippen LogP contribution < -0.4 is 5.73 Å². The Kier molecular flexibility index (Phi) is 2.83. The van der Waals surface area contributed by atoms with Crippen LogP contribution in [0.15, 0.2) is 0 Å². The Morgan fingerprint density at radius 3 is 2.62 bits per heavy atom. The van der Waals surface area contributed by atoms with E-state index in [2.05, 4.69) is 0 Å². The highest BCUT2D eigenvalue weighted by Crippen LogP contribution is 2.31. The van der Waals surface area contributed by atoms with E-state index < -0.39 is 0 Å². The van der Waals surface area contributed by atoms with Crippen LogP contribution in [-0.2, 0) is 14.2 Å². The summed E-state index contributed by atoms with van der Waals surface area (Å²) in [7, 11) is 1.65. The van der Waals surface area contributed by atoms with Gasteiger partial charge in [0.25, 0.3) is 0 Å². The topological polar surface area (TPSA) is 57.0 Å². The SMILES string of the molecule is COC1OC1[C@@H](N)C1CCOCC1. The molecular weight excluding hydrogens is 170 g/mol. The summed E-state index contributed by atoms with van der Waals surface area (Å²) in [5.41, 5.74) is 6.06. The van der Waals surface area contributed by atoms with E-state index >= 15 is 0 Å². The minimum Gasteiger partial charge on any atom is -0.381 e. The summed E-state index contributed by atoms with van der Waals surface area (Å²) >= 11 is 0. The van der Waals surface area contributed by atoms with E-state index in [0.29, 0.717) is 5.92 Å². The summed E-state index contributed by atoms with van der Waals surface area (Å²) < 4.78 is 15.6. The molecule has 2 rings (SSSR count). The average Bonchev–Trinajstić information content (AvgIpc) is 2.97. The first kappa shape index (κ1) is 9.40. The quantitative estimate of drug-likeness (QED) is 0.637. The number of ether oxygens (including phenoxy) is 3. The smallest absolute Gasteiger partial charge is 0.185 e. The molecule has 0 saturated carbocycles. The monoisotopic (exact) mass is 187 g/mol. The molecule has 2 aliphatic heterocycles. The summed E-state index contributed by atoms with van der Waals surface area (Å²) in [6.07, 6.45) is 2.17. The number of methoxy groups -OCH3 is 1. The van der Waals surface area contributed by atoms with Crippen molar-refractivity contribution < 1.29 is 14.2 Å². The molecule has 0 radical (unpaired) electrons. The second-order valence-corrected chi connectivity index (χ2v) is 3.73. The van der Waals surface area contributed by atoms with Gasteiger partial charge in [0.2, 0.25) is 0 Å². The molecule has 0 aliphatic carbocycles. The fourth-order valence-corrected chi connectivity index (χ4v) is 1.94. The predicted octanol–water partition coefficient (Wildman–Crippen LogP) is 0.112. The van der Waals surface area contributed by atoms with Crippen molar-refractivity contribution >= 4 is 0 Å². The largest absolute Gasteiger partial charge is 0.381 e. The normalized spacial score (nSPS) is 37.4. The number of epoxide rings is 1.